The van der Waals surface area contributed by atoms with Crippen molar-refractivity contribution in [2.75, 3.05) is 6.54 Å². The Morgan fingerprint density at radius 3 is 2.33 bits per heavy atom. The van der Waals surface area contributed by atoms with Gasteiger partial charge in [0.2, 0.25) is 5.91 Å². The first kappa shape index (κ1) is 20.0. The van der Waals surface area contributed by atoms with Crippen LogP contribution in [-0.4, -0.2) is 29.2 Å². The van der Waals surface area contributed by atoms with Crippen LogP contribution in [0.3, 0.4) is 0 Å². The molecular weight excluding hydrogens is 420 g/mol. The summed E-state index contributed by atoms with van der Waals surface area (Å²) in [5, 5.41) is 13.3. The van der Waals surface area contributed by atoms with E-state index in [9.17, 15) is 24.5 Å². The van der Waals surface area contributed by atoms with Crippen molar-refractivity contribution in [3.63, 3.8) is 0 Å². The molecule has 0 fully saturated rings. The number of amides is 3. The zero-order valence-electron chi connectivity index (χ0n) is 13.9. The van der Waals surface area contributed by atoms with Gasteiger partial charge < -0.3 is 5.32 Å². The van der Waals surface area contributed by atoms with E-state index in [1.54, 1.807) is 24.3 Å². The van der Waals surface area contributed by atoms with Crippen molar-refractivity contribution < 1.29 is 19.3 Å². The molecular formula is C17H15BrN4O5. The van der Waals surface area contributed by atoms with E-state index in [0.717, 1.165) is 10.5 Å². The maximum Gasteiger partial charge on any atom is 0.270 e. The first-order chi connectivity index (χ1) is 12.9. The summed E-state index contributed by atoms with van der Waals surface area (Å²) in [5.74, 6) is -1.54. The van der Waals surface area contributed by atoms with Gasteiger partial charge in [-0.3, -0.25) is 35.3 Å². The number of non-ortho nitro benzene ring substituents is 1. The third-order valence-corrected chi connectivity index (χ3v) is 3.91. The average molecular weight is 435 g/mol. The molecule has 0 aromatic heterocycles. The van der Waals surface area contributed by atoms with Crippen LogP contribution in [0.25, 0.3) is 0 Å². The van der Waals surface area contributed by atoms with Gasteiger partial charge in [-0.2, -0.15) is 0 Å². The number of carbonyl (C=O) groups excluding carboxylic acids is 3. The van der Waals surface area contributed by atoms with Crippen LogP contribution in [0.4, 0.5) is 5.69 Å². The van der Waals surface area contributed by atoms with Gasteiger partial charge in [-0.25, -0.2) is 0 Å². The molecule has 0 saturated carbocycles. The van der Waals surface area contributed by atoms with Gasteiger partial charge in [0.1, 0.15) is 0 Å². The second-order valence-electron chi connectivity index (χ2n) is 5.32. The fourth-order valence-electron chi connectivity index (χ4n) is 2.01. The number of nitrogens with one attached hydrogen (secondary N) is 3. The van der Waals surface area contributed by atoms with Gasteiger partial charge in [0.05, 0.1) is 4.92 Å². The summed E-state index contributed by atoms with van der Waals surface area (Å²) in [4.78, 5) is 45.6. The maximum absolute atomic E-state index is 11.9. The van der Waals surface area contributed by atoms with E-state index in [1.807, 2.05) is 0 Å². The van der Waals surface area contributed by atoms with Crippen LogP contribution >= 0.6 is 15.9 Å². The van der Waals surface area contributed by atoms with Gasteiger partial charge in [0, 0.05) is 40.7 Å². The van der Waals surface area contributed by atoms with Crippen molar-refractivity contribution in [2.45, 2.75) is 6.42 Å². The lowest BCUT2D eigenvalue weighted by atomic mass is 10.2. The molecule has 0 radical (unpaired) electrons. The molecule has 27 heavy (non-hydrogen) atoms. The van der Waals surface area contributed by atoms with Crippen molar-refractivity contribution in [2.24, 2.45) is 0 Å². The van der Waals surface area contributed by atoms with Gasteiger partial charge in [-0.15, -0.1) is 0 Å². The number of nitrogens with zero attached hydrogens (tertiary/aromatic N) is 1. The number of hydrogen-bond acceptors (Lipinski definition) is 5. The number of benzene rings is 2. The zero-order valence-corrected chi connectivity index (χ0v) is 15.5. The van der Waals surface area contributed by atoms with Crippen LogP contribution in [0.5, 0.6) is 0 Å². The summed E-state index contributed by atoms with van der Waals surface area (Å²) in [6, 6.07) is 11.8. The van der Waals surface area contributed by atoms with Crippen molar-refractivity contribution in [3.05, 3.63) is 74.2 Å². The molecule has 2 aromatic rings. The quantitative estimate of drug-likeness (QED) is 0.472. The number of nitro groups is 1. The first-order valence-electron chi connectivity index (χ1n) is 7.74. The molecule has 0 aliphatic carbocycles. The summed E-state index contributed by atoms with van der Waals surface area (Å²) in [7, 11) is 0. The van der Waals surface area contributed by atoms with Gasteiger partial charge in [-0.1, -0.05) is 22.0 Å². The Labute approximate surface area is 162 Å². The molecule has 0 aliphatic rings. The van der Waals surface area contributed by atoms with Crippen LogP contribution in [0, 0.1) is 10.1 Å². The van der Waals surface area contributed by atoms with Crippen LogP contribution in [0.1, 0.15) is 27.1 Å². The van der Waals surface area contributed by atoms with Crippen LogP contribution < -0.4 is 16.2 Å². The minimum absolute atomic E-state index is 0.0352. The fraction of sp³-hybridized carbons (Fsp3) is 0.118. The molecule has 0 bridgehead atoms. The summed E-state index contributed by atoms with van der Waals surface area (Å²) in [6.45, 7) is 0.0768. The lowest BCUT2D eigenvalue weighted by Gasteiger charge is -2.08. The lowest BCUT2D eigenvalue weighted by Crippen LogP contribution is -2.42. The van der Waals surface area contributed by atoms with E-state index < -0.39 is 16.7 Å². The normalized spacial score (nSPS) is 9.96. The van der Waals surface area contributed by atoms with Gasteiger partial charge in [0.25, 0.3) is 17.5 Å². The highest BCUT2D eigenvalue weighted by atomic mass is 79.9. The third-order valence-electron chi connectivity index (χ3n) is 3.38. The molecule has 0 unspecified atom stereocenters. The van der Waals surface area contributed by atoms with E-state index in [0.29, 0.717) is 5.56 Å². The average Bonchev–Trinajstić information content (AvgIpc) is 2.66. The van der Waals surface area contributed by atoms with Gasteiger partial charge in [-0.05, 0) is 30.3 Å². The van der Waals surface area contributed by atoms with Gasteiger partial charge in [0.15, 0.2) is 0 Å². The van der Waals surface area contributed by atoms with E-state index in [4.69, 9.17) is 0 Å². The monoisotopic (exact) mass is 434 g/mol. The summed E-state index contributed by atoms with van der Waals surface area (Å²) in [6.07, 6.45) is -0.0581. The Morgan fingerprint density at radius 2 is 1.67 bits per heavy atom. The molecule has 0 heterocycles. The minimum Gasteiger partial charge on any atom is -0.352 e. The van der Waals surface area contributed by atoms with E-state index >= 15 is 0 Å². The Kier molecular flexibility index (Phi) is 7.00. The Hall–Kier alpha value is -3.27. The number of rotatable bonds is 6. The lowest BCUT2D eigenvalue weighted by molar-refractivity contribution is -0.384. The van der Waals surface area contributed by atoms with Crippen molar-refractivity contribution in [1.29, 1.82) is 0 Å². The van der Waals surface area contributed by atoms with Crippen molar-refractivity contribution in [3.8, 4) is 0 Å². The molecule has 2 aromatic carbocycles. The Balaban J connectivity index is 1.75. The molecule has 0 aliphatic heterocycles. The van der Waals surface area contributed by atoms with Crippen molar-refractivity contribution in [1.82, 2.24) is 16.2 Å². The predicted molar refractivity (Wildman–Crippen MR) is 99.8 cm³/mol. The van der Waals surface area contributed by atoms with Gasteiger partial charge >= 0.3 is 0 Å². The Morgan fingerprint density at radius 1 is 0.963 bits per heavy atom. The van der Waals surface area contributed by atoms with E-state index in [-0.39, 0.29) is 30.1 Å². The summed E-state index contributed by atoms with van der Waals surface area (Å²) >= 11 is 3.27. The molecule has 0 atom stereocenters. The summed E-state index contributed by atoms with van der Waals surface area (Å²) < 4.78 is 0.845. The van der Waals surface area contributed by atoms with E-state index in [2.05, 4.69) is 32.1 Å². The highest BCUT2D eigenvalue weighted by Crippen LogP contribution is 2.12. The van der Waals surface area contributed by atoms with Crippen molar-refractivity contribution >= 4 is 39.3 Å². The van der Waals surface area contributed by atoms with Crippen LogP contribution in [-0.2, 0) is 4.79 Å². The topological polar surface area (TPSA) is 130 Å². The van der Waals surface area contributed by atoms with E-state index in [1.165, 1.54) is 18.2 Å². The largest absolute Gasteiger partial charge is 0.352 e. The molecule has 10 heteroatoms. The SMILES string of the molecule is O=C(CCNC(=O)c1ccc(Br)cc1)NNC(=O)c1cccc([N+](=O)[O-])c1. The van der Waals surface area contributed by atoms with Crippen LogP contribution in [0.15, 0.2) is 53.0 Å². The zero-order chi connectivity index (χ0) is 19.8. The number of hydrogen-bond donors (Lipinski definition) is 3. The Bertz CT molecular complexity index is 870. The number of hydrazine groups is 1. The predicted octanol–water partition coefficient (Wildman–Crippen LogP) is 1.94. The molecule has 0 spiro atoms. The third kappa shape index (κ3) is 6.19. The number of carbonyl (C=O) groups is 3. The highest BCUT2D eigenvalue weighted by Gasteiger charge is 2.12. The highest BCUT2D eigenvalue weighted by molar-refractivity contribution is 9.10. The summed E-state index contributed by atoms with van der Waals surface area (Å²) in [5.41, 5.74) is 4.61. The van der Waals surface area contributed by atoms with Crippen LogP contribution in [0.2, 0.25) is 0 Å². The number of nitro benzene ring substituents is 1. The smallest absolute Gasteiger partial charge is 0.270 e. The second kappa shape index (κ2) is 9.43. The second-order valence-corrected chi connectivity index (χ2v) is 6.24. The minimum atomic E-state index is -0.689. The fourth-order valence-corrected chi connectivity index (χ4v) is 2.28. The molecule has 0 saturated heterocycles. The molecule has 9 nitrogen and oxygen atoms in total. The number of halogens is 1. The molecule has 140 valence electrons. The standard InChI is InChI=1S/C17H15BrN4O5/c18-13-6-4-11(5-7-13)16(24)19-9-8-15(23)20-21-17(25)12-2-1-3-14(10-12)22(26)27/h1-7,10H,8-9H2,(H,19,24)(H,20,23)(H,21,25). The molecule has 3 amide bonds. The molecule has 2 rings (SSSR count). The molecule has 3 N–H and O–H groups in total. The first-order valence-corrected chi connectivity index (χ1v) is 8.53. The maximum atomic E-state index is 11.9.